The number of hydrogen-bond donors (Lipinski definition) is 5. The van der Waals surface area contributed by atoms with Gasteiger partial charge in [-0.05, 0) is 35.6 Å². The number of carboxylic acid groups (broad SMARTS) is 1. The lowest BCUT2D eigenvalue weighted by atomic mass is 10.0. The first-order valence-electron chi connectivity index (χ1n) is 8.73. The summed E-state index contributed by atoms with van der Waals surface area (Å²) in [6.45, 7) is 4.34. The maximum atomic E-state index is 11.6. The Hall–Kier alpha value is -2.91. The van der Waals surface area contributed by atoms with E-state index in [2.05, 4.69) is 10.6 Å². The molecule has 2 rings (SSSR count). The van der Waals surface area contributed by atoms with E-state index >= 15 is 0 Å². The molecule has 3 amide bonds. The van der Waals surface area contributed by atoms with Crippen molar-refractivity contribution < 1.29 is 19.5 Å². The average molecular weight is 404 g/mol. The zero-order valence-corrected chi connectivity index (χ0v) is 16.5. The van der Waals surface area contributed by atoms with Gasteiger partial charge in [0, 0.05) is 11.4 Å². The molecule has 7 N–H and O–H groups in total. The van der Waals surface area contributed by atoms with Gasteiger partial charge in [-0.2, -0.15) is 0 Å². The SMILES string of the molecule is CC(C)C[C@@H](NCc1cccc(-c2cc(C(N)=O)c(NC(N)=O)s2)c1)C(=O)O. The van der Waals surface area contributed by atoms with Gasteiger partial charge < -0.3 is 21.9 Å². The number of aliphatic carboxylic acids is 1. The molecule has 28 heavy (non-hydrogen) atoms. The number of nitrogens with one attached hydrogen (secondary N) is 2. The van der Waals surface area contributed by atoms with E-state index in [4.69, 9.17) is 11.5 Å². The van der Waals surface area contributed by atoms with Gasteiger partial charge in [0.15, 0.2) is 0 Å². The molecule has 0 fully saturated rings. The second-order valence-electron chi connectivity index (χ2n) is 6.81. The van der Waals surface area contributed by atoms with Crippen LogP contribution in [0.15, 0.2) is 30.3 Å². The van der Waals surface area contributed by atoms with Crippen molar-refractivity contribution in [2.24, 2.45) is 17.4 Å². The Morgan fingerprint density at radius 2 is 1.89 bits per heavy atom. The standard InChI is InChI=1S/C19H24N4O4S/c1-10(2)6-14(18(25)26)22-9-11-4-3-5-12(7-11)15-8-13(16(20)24)17(28-15)23-19(21)27/h3-5,7-8,10,14,22H,6,9H2,1-2H3,(H2,20,24)(H,25,26)(H3,21,23,27)/t14-/m1/s1. The Balaban J connectivity index is 2.22. The molecule has 150 valence electrons. The van der Waals surface area contributed by atoms with Crippen molar-refractivity contribution in [3.63, 3.8) is 0 Å². The smallest absolute Gasteiger partial charge is 0.320 e. The highest BCUT2D eigenvalue weighted by molar-refractivity contribution is 7.20. The van der Waals surface area contributed by atoms with Crippen LogP contribution in [0.5, 0.6) is 0 Å². The Morgan fingerprint density at radius 3 is 2.46 bits per heavy atom. The molecule has 0 bridgehead atoms. The van der Waals surface area contributed by atoms with Gasteiger partial charge in [0.1, 0.15) is 11.0 Å². The molecule has 0 spiro atoms. The fraction of sp³-hybridized carbons (Fsp3) is 0.316. The van der Waals surface area contributed by atoms with Crippen molar-refractivity contribution in [1.29, 1.82) is 0 Å². The van der Waals surface area contributed by atoms with Crippen LogP contribution in [0.2, 0.25) is 0 Å². The molecule has 0 aliphatic rings. The third-order valence-corrected chi connectivity index (χ3v) is 5.10. The van der Waals surface area contributed by atoms with Crippen LogP contribution in [0, 0.1) is 5.92 Å². The Kier molecular flexibility index (Phi) is 7.13. The zero-order chi connectivity index (χ0) is 20.8. The highest BCUT2D eigenvalue weighted by Crippen LogP contribution is 2.35. The van der Waals surface area contributed by atoms with E-state index in [1.165, 1.54) is 11.3 Å². The summed E-state index contributed by atoms with van der Waals surface area (Å²) in [5.41, 5.74) is 12.4. The van der Waals surface area contributed by atoms with Crippen LogP contribution in [0.3, 0.4) is 0 Å². The Morgan fingerprint density at radius 1 is 1.18 bits per heavy atom. The number of thiophene rings is 1. The van der Waals surface area contributed by atoms with Gasteiger partial charge in [-0.25, -0.2) is 4.79 Å². The molecule has 1 atom stereocenters. The number of nitrogens with two attached hydrogens (primary N) is 2. The van der Waals surface area contributed by atoms with Crippen molar-refractivity contribution in [2.75, 3.05) is 5.32 Å². The van der Waals surface area contributed by atoms with E-state index < -0.39 is 23.9 Å². The molecule has 0 saturated heterocycles. The number of carboxylic acids is 1. The predicted molar refractivity (Wildman–Crippen MR) is 109 cm³/mol. The number of anilines is 1. The van der Waals surface area contributed by atoms with Crippen LogP contribution in [0.4, 0.5) is 9.80 Å². The van der Waals surface area contributed by atoms with Crippen LogP contribution in [-0.2, 0) is 11.3 Å². The summed E-state index contributed by atoms with van der Waals surface area (Å²) in [6, 6.07) is 7.68. The van der Waals surface area contributed by atoms with Gasteiger partial charge in [0.25, 0.3) is 5.91 Å². The van der Waals surface area contributed by atoms with Crippen molar-refractivity contribution in [1.82, 2.24) is 5.32 Å². The molecule has 9 heteroatoms. The normalized spacial score (nSPS) is 12.0. The van der Waals surface area contributed by atoms with E-state index in [0.29, 0.717) is 18.0 Å². The fourth-order valence-corrected chi connectivity index (χ4v) is 3.80. The number of primary amides is 2. The van der Waals surface area contributed by atoms with E-state index in [1.807, 2.05) is 38.1 Å². The van der Waals surface area contributed by atoms with Gasteiger partial charge in [0.2, 0.25) is 0 Å². The summed E-state index contributed by atoms with van der Waals surface area (Å²) in [6.07, 6.45) is 0.532. The molecular formula is C19H24N4O4S. The number of rotatable bonds is 9. The minimum Gasteiger partial charge on any atom is -0.480 e. The molecule has 1 aromatic heterocycles. The van der Waals surface area contributed by atoms with Crippen molar-refractivity contribution in [2.45, 2.75) is 32.9 Å². The highest BCUT2D eigenvalue weighted by atomic mass is 32.1. The molecule has 0 radical (unpaired) electrons. The summed E-state index contributed by atoms with van der Waals surface area (Å²) in [4.78, 5) is 34.9. The number of benzene rings is 1. The molecule has 2 aromatic rings. The first-order chi connectivity index (χ1) is 13.2. The second-order valence-corrected chi connectivity index (χ2v) is 7.86. The molecular weight excluding hydrogens is 380 g/mol. The number of carbonyl (C=O) groups is 3. The summed E-state index contributed by atoms with van der Waals surface area (Å²) in [7, 11) is 0. The summed E-state index contributed by atoms with van der Waals surface area (Å²) in [5.74, 6) is -1.28. The first kappa shape index (κ1) is 21.4. The molecule has 8 nitrogen and oxygen atoms in total. The lowest BCUT2D eigenvalue weighted by Crippen LogP contribution is -2.37. The maximum Gasteiger partial charge on any atom is 0.320 e. The van der Waals surface area contributed by atoms with Crippen LogP contribution >= 0.6 is 11.3 Å². The zero-order valence-electron chi connectivity index (χ0n) is 15.7. The summed E-state index contributed by atoms with van der Waals surface area (Å²) < 4.78 is 0. The lowest BCUT2D eigenvalue weighted by Gasteiger charge is -2.16. The molecule has 1 aromatic carbocycles. The van der Waals surface area contributed by atoms with Crippen LogP contribution in [0.1, 0.15) is 36.2 Å². The van der Waals surface area contributed by atoms with E-state index in [-0.39, 0.29) is 11.5 Å². The largest absolute Gasteiger partial charge is 0.480 e. The van der Waals surface area contributed by atoms with Crippen molar-refractivity contribution >= 4 is 34.2 Å². The first-order valence-corrected chi connectivity index (χ1v) is 9.54. The summed E-state index contributed by atoms with van der Waals surface area (Å²) >= 11 is 1.19. The molecule has 0 aliphatic carbocycles. The Bertz CT molecular complexity index is 879. The topological polar surface area (TPSA) is 148 Å². The van der Waals surface area contributed by atoms with E-state index in [1.54, 1.807) is 6.07 Å². The quantitative estimate of drug-likeness (QED) is 0.436. The molecule has 0 saturated carbocycles. The van der Waals surface area contributed by atoms with Crippen LogP contribution in [0.25, 0.3) is 10.4 Å². The van der Waals surface area contributed by atoms with Gasteiger partial charge in [-0.15, -0.1) is 11.3 Å². The third kappa shape index (κ3) is 5.80. The van der Waals surface area contributed by atoms with Crippen molar-refractivity contribution in [3.8, 4) is 10.4 Å². The Labute approximate surface area is 166 Å². The maximum absolute atomic E-state index is 11.6. The monoisotopic (exact) mass is 404 g/mol. The number of amides is 3. The lowest BCUT2D eigenvalue weighted by molar-refractivity contribution is -0.140. The molecule has 1 heterocycles. The van der Waals surface area contributed by atoms with E-state index in [9.17, 15) is 19.5 Å². The van der Waals surface area contributed by atoms with Gasteiger partial charge in [0.05, 0.1) is 5.56 Å². The predicted octanol–water partition coefficient (Wildman–Crippen LogP) is 2.59. The average Bonchev–Trinajstić information content (AvgIpc) is 3.01. The minimum atomic E-state index is -0.878. The highest BCUT2D eigenvalue weighted by Gasteiger charge is 2.19. The summed E-state index contributed by atoms with van der Waals surface area (Å²) in [5, 5.41) is 15.1. The number of carbonyl (C=O) groups excluding carboxylic acids is 2. The second kappa shape index (κ2) is 9.34. The van der Waals surface area contributed by atoms with E-state index in [0.717, 1.165) is 16.0 Å². The van der Waals surface area contributed by atoms with Crippen molar-refractivity contribution in [3.05, 3.63) is 41.5 Å². The number of urea groups is 1. The molecule has 0 aliphatic heterocycles. The molecule has 0 unspecified atom stereocenters. The number of hydrogen-bond acceptors (Lipinski definition) is 5. The van der Waals surface area contributed by atoms with Crippen LogP contribution < -0.4 is 22.1 Å². The van der Waals surface area contributed by atoms with Gasteiger partial charge in [-0.3, -0.25) is 14.9 Å². The van der Waals surface area contributed by atoms with Gasteiger partial charge >= 0.3 is 12.0 Å². The third-order valence-electron chi connectivity index (χ3n) is 4.00. The van der Waals surface area contributed by atoms with Gasteiger partial charge in [-0.1, -0.05) is 32.0 Å². The van der Waals surface area contributed by atoms with Crippen LogP contribution in [-0.4, -0.2) is 29.1 Å². The fourth-order valence-electron chi connectivity index (χ4n) is 2.74. The minimum absolute atomic E-state index is 0.185.